The monoisotopic (exact) mass is 466 g/mol. The van der Waals surface area contributed by atoms with Crippen LogP contribution in [0.5, 0.6) is 0 Å². The zero-order valence-electron chi connectivity index (χ0n) is 17.3. The number of fused-ring (bicyclic) bond motifs is 2. The molecule has 0 saturated heterocycles. The number of hydrogen-bond acceptors (Lipinski definition) is 8. The van der Waals surface area contributed by atoms with Crippen molar-refractivity contribution >= 4 is 44.7 Å². The molecule has 0 saturated carbocycles. The van der Waals surface area contributed by atoms with Gasteiger partial charge in [-0.1, -0.05) is 30.3 Å². The molecular weight excluding hydrogens is 448 g/mol. The summed E-state index contributed by atoms with van der Waals surface area (Å²) in [6.45, 7) is 1.84. The number of rotatable bonds is 5. The summed E-state index contributed by atoms with van der Waals surface area (Å²) >= 11 is 0. The number of carbonyl (C=O) groups excluding carboxylic acids is 3. The molecule has 0 atom stereocenters. The van der Waals surface area contributed by atoms with Crippen LogP contribution in [-0.2, 0) is 14.9 Å². The lowest BCUT2D eigenvalue weighted by Gasteiger charge is -2.23. The summed E-state index contributed by atoms with van der Waals surface area (Å²) in [5, 5.41) is 2.88. The Hall–Kier alpha value is -4.02. The summed E-state index contributed by atoms with van der Waals surface area (Å²) in [6.07, 6.45) is 0. The highest BCUT2D eigenvalue weighted by atomic mass is 32.2. The lowest BCUT2D eigenvalue weighted by molar-refractivity contribution is 0.0526. The van der Waals surface area contributed by atoms with Crippen LogP contribution in [0.1, 0.15) is 49.1 Å². The number of carbonyl (C=O) groups is 3. The maximum absolute atomic E-state index is 13.3. The highest BCUT2D eigenvalue weighted by Gasteiger charge is 2.36. The first-order valence-corrected chi connectivity index (χ1v) is 11.2. The molecule has 168 valence electrons. The van der Waals surface area contributed by atoms with Crippen LogP contribution in [0.15, 0.2) is 59.5 Å². The Kier molecular flexibility index (Phi) is 5.48. The number of ketones is 2. The molecule has 1 aliphatic rings. The molecule has 3 aromatic carbocycles. The highest BCUT2D eigenvalue weighted by molar-refractivity contribution is 7.86. The summed E-state index contributed by atoms with van der Waals surface area (Å²) in [5.74, 6) is -1.76. The van der Waals surface area contributed by atoms with Gasteiger partial charge in [0, 0.05) is 16.8 Å². The topological polar surface area (TPSA) is 153 Å². The quantitative estimate of drug-likeness (QED) is 0.229. The standard InChI is InChI=1S/C23H18N2O7S/c1-2-32-23(28)12-6-5-7-13(10-12)25-16-11-17(33(29,30)31)20(24)19-18(16)21(26)14-8-3-4-9-15(14)22(19)27/h3-11,25H,2,24H2,1H3,(H,29,30,31). The lowest BCUT2D eigenvalue weighted by Crippen LogP contribution is -2.25. The van der Waals surface area contributed by atoms with Crippen molar-refractivity contribution in [3.63, 3.8) is 0 Å². The second kappa shape index (κ2) is 8.15. The van der Waals surface area contributed by atoms with Crippen molar-refractivity contribution in [2.45, 2.75) is 11.8 Å². The number of nitrogens with one attached hydrogen (secondary N) is 1. The largest absolute Gasteiger partial charge is 0.462 e. The van der Waals surface area contributed by atoms with Gasteiger partial charge in [0.1, 0.15) is 4.90 Å². The molecule has 0 aliphatic heterocycles. The first-order valence-electron chi connectivity index (χ1n) is 9.80. The van der Waals surface area contributed by atoms with E-state index < -0.39 is 38.2 Å². The Morgan fingerprint density at radius 3 is 2.24 bits per heavy atom. The van der Waals surface area contributed by atoms with Crippen molar-refractivity contribution in [1.29, 1.82) is 0 Å². The predicted molar refractivity (Wildman–Crippen MR) is 120 cm³/mol. The normalized spacial score (nSPS) is 12.7. The molecule has 0 aromatic heterocycles. The lowest BCUT2D eigenvalue weighted by atomic mass is 9.82. The molecule has 10 heteroatoms. The van der Waals surface area contributed by atoms with E-state index in [0.29, 0.717) is 5.69 Å². The molecule has 3 aromatic rings. The molecule has 0 bridgehead atoms. The number of nitrogens with two attached hydrogens (primary N) is 1. The van der Waals surface area contributed by atoms with Crippen LogP contribution in [0.25, 0.3) is 0 Å². The molecule has 9 nitrogen and oxygen atoms in total. The molecule has 4 N–H and O–H groups in total. The average molecular weight is 466 g/mol. The summed E-state index contributed by atoms with van der Waals surface area (Å²) in [4.78, 5) is 37.8. The first-order chi connectivity index (χ1) is 15.6. The smallest absolute Gasteiger partial charge is 0.338 e. The van der Waals surface area contributed by atoms with Crippen LogP contribution in [0.2, 0.25) is 0 Å². The van der Waals surface area contributed by atoms with E-state index in [1.165, 1.54) is 24.3 Å². The fraction of sp³-hybridized carbons (Fsp3) is 0.0870. The third-order valence-corrected chi connectivity index (χ3v) is 6.02. The molecule has 0 fully saturated rings. The number of esters is 1. The fourth-order valence-corrected chi connectivity index (χ4v) is 4.35. The minimum Gasteiger partial charge on any atom is -0.462 e. The van der Waals surface area contributed by atoms with Gasteiger partial charge in [-0.2, -0.15) is 8.42 Å². The van der Waals surface area contributed by atoms with Crippen LogP contribution in [0.3, 0.4) is 0 Å². The van der Waals surface area contributed by atoms with Crippen molar-refractivity contribution in [3.05, 3.63) is 82.4 Å². The van der Waals surface area contributed by atoms with Gasteiger partial charge in [0.15, 0.2) is 11.6 Å². The van der Waals surface area contributed by atoms with Crippen LogP contribution >= 0.6 is 0 Å². The van der Waals surface area contributed by atoms with E-state index in [2.05, 4.69) is 5.32 Å². The molecule has 0 radical (unpaired) electrons. The number of ether oxygens (including phenoxy) is 1. The summed E-state index contributed by atoms with van der Waals surface area (Å²) < 4.78 is 38.6. The molecule has 0 heterocycles. The Balaban J connectivity index is 1.93. The van der Waals surface area contributed by atoms with Gasteiger partial charge in [0.2, 0.25) is 0 Å². The first kappa shape index (κ1) is 22.2. The van der Waals surface area contributed by atoms with Crippen LogP contribution < -0.4 is 11.1 Å². The van der Waals surface area contributed by atoms with Crippen molar-refractivity contribution < 1.29 is 32.1 Å². The van der Waals surface area contributed by atoms with E-state index in [0.717, 1.165) is 6.07 Å². The van der Waals surface area contributed by atoms with E-state index >= 15 is 0 Å². The van der Waals surface area contributed by atoms with Gasteiger partial charge in [-0.05, 0) is 31.2 Å². The molecule has 4 rings (SSSR count). The van der Waals surface area contributed by atoms with Gasteiger partial charge in [0.05, 0.1) is 34.7 Å². The van der Waals surface area contributed by atoms with Crippen molar-refractivity contribution in [2.24, 2.45) is 0 Å². The van der Waals surface area contributed by atoms with E-state index in [-0.39, 0.29) is 40.1 Å². The molecule has 33 heavy (non-hydrogen) atoms. The fourth-order valence-electron chi connectivity index (χ4n) is 3.70. The SMILES string of the molecule is CCOC(=O)c1cccc(Nc2cc(S(=O)(=O)O)c(N)c3c2C(=O)c2ccccc2C3=O)c1. The zero-order valence-corrected chi connectivity index (χ0v) is 18.1. The van der Waals surface area contributed by atoms with E-state index in [4.69, 9.17) is 10.5 Å². The Morgan fingerprint density at radius 2 is 1.64 bits per heavy atom. The Labute approximate surface area is 188 Å². The number of anilines is 3. The third-order valence-electron chi connectivity index (χ3n) is 5.13. The zero-order chi connectivity index (χ0) is 23.9. The second-order valence-corrected chi connectivity index (χ2v) is 8.58. The van der Waals surface area contributed by atoms with E-state index in [1.807, 2.05) is 0 Å². The van der Waals surface area contributed by atoms with Gasteiger partial charge in [0.25, 0.3) is 10.1 Å². The van der Waals surface area contributed by atoms with Crippen molar-refractivity contribution in [2.75, 3.05) is 17.7 Å². The Morgan fingerprint density at radius 1 is 1.00 bits per heavy atom. The van der Waals surface area contributed by atoms with Crippen molar-refractivity contribution in [3.8, 4) is 0 Å². The van der Waals surface area contributed by atoms with Crippen molar-refractivity contribution in [1.82, 2.24) is 0 Å². The summed E-state index contributed by atoms with van der Waals surface area (Å²) in [7, 11) is -4.83. The van der Waals surface area contributed by atoms with Crippen LogP contribution in [0, 0.1) is 0 Å². The molecule has 1 aliphatic carbocycles. The number of nitrogen functional groups attached to an aromatic ring is 1. The maximum atomic E-state index is 13.3. The summed E-state index contributed by atoms with van der Waals surface area (Å²) in [5.41, 5.74) is 5.65. The van der Waals surface area contributed by atoms with Crippen LogP contribution in [0.4, 0.5) is 17.1 Å². The van der Waals surface area contributed by atoms with Gasteiger partial charge in [-0.15, -0.1) is 0 Å². The average Bonchev–Trinajstić information content (AvgIpc) is 2.78. The minimum absolute atomic E-state index is 0.0688. The molecule has 0 amide bonds. The van der Waals surface area contributed by atoms with E-state index in [9.17, 15) is 27.4 Å². The number of benzene rings is 3. The minimum atomic E-state index is -4.83. The highest BCUT2D eigenvalue weighted by Crippen LogP contribution is 2.40. The second-order valence-electron chi connectivity index (χ2n) is 7.19. The maximum Gasteiger partial charge on any atom is 0.338 e. The van der Waals surface area contributed by atoms with E-state index in [1.54, 1.807) is 31.2 Å². The van der Waals surface area contributed by atoms with Gasteiger partial charge >= 0.3 is 5.97 Å². The third kappa shape index (κ3) is 3.86. The van der Waals surface area contributed by atoms with Crippen LogP contribution in [-0.4, -0.2) is 37.1 Å². The predicted octanol–water partition coefficient (Wildman–Crippen LogP) is 3.21. The summed E-state index contributed by atoms with van der Waals surface area (Å²) in [6, 6.07) is 13.2. The Bertz CT molecular complexity index is 1450. The molecular formula is C23H18N2O7S. The molecule has 0 unspecified atom stereocenters. The van der Waals surface area contributed by atoms with Gasteiger partial charge in [-0.25, -0.2) is 4.79 Å². The number of hydrogen-bond donors (Lipinski definition) is 3. The molecule has 0 spiro atoms. The van der Waals surface area contributed by atoms with Gasteiger partial charge < -0.3 is 15.8 Å². The van der Waals surface area contributed by atoms with Gasteiger partial charge in [-0.3, -0.25) is 14.1 Å².